The molecular weight excluding hydrogens is 278 g/mol. The molecule has 0 radical (unpaired) electrons. The van der Waals surface area contributed by atoms with Gasteiger partial charge in [0.05, 0.1) is 0 Å². The number of aryl methyl sites for hydroxylation is 1. The van der Waals surface area contributed by atoms with Crippen LogP contribution in [0.15, 0.2) is 24.3 Å². The van der Waals surface area contributed by atoms with Gasteiger partial charge in [0, 0.05) is 31.2 Å². The summed E-state index contributed by atoms with van der Waals surface area (Å²) in [5.41, 5.74) is 1.93. The fourth-order valence-corrected chi connectivity index (χ4v) is 2.66. The number of rotatable bonds is 4. The number of piperidine rings is 1. The number of urea groups is 1. The van der Waals surface area contributed by atoms with Gasteiger partial charge in [0.1, 0.15) is 0 Å². The second-order valence-corrected chi connectivity index (χ2v) is 5.85. The molecule has 1 aliphatic rings. The van der Waals surface area contributed by atoms with Gasteiger partial charge in [-0.15, -0.1) is 0 Å². The summed E-state index contributed by atoms with van der Waals surface area (Å²) < 4.78 is 0. The van der Waals surface area contributed by atoms with E-state index in [4.69, 9.17) is 0 Å². The molecule has 2 rings (SSSR count). The molecule has 2 N–H and O–H groups in total. The zero-order chi connectivity index (χ0) is 15.9. The average molecular weight is 303 g/mol. The zero-order valence-corrected chi connectivity index (χ0v) is 13.4. The molecule has 0 saturated carbocycles. The number of carbonyl (C=O) groups excluding carboxylic acids is 2. The van der Waals surface area contributed by atoms with Gasteiger partial charge in [-0.25, -0.2) is 4.79 Å². The Hall–Kier alpha value is -2.04. The molecule has 3 amide bonds. The van der Waals surface area contributed by atoms with Crippen LogP contribution < -0.4 is 10.6 Å². The molecular formula is C17H25N3O2. The number of hydrogen-bond acceptors (Lipinski definition) is 2. The van der Waals surface area contributed by atoms with Gasteiger partial charge in [-0.05, 0) is 43.9 Å². The number of nitrogens with zero attached hydrogens (tertiary/aromatic N) is 1. The first kappa shape index (κ1) is 16.3. The lowest BCUT2D eigenvalue weighted by Gasteiger charge is -2.31. The molecule has 22 heavy (non-hydrogen) atoms. The predicted molar refractivity (Wildman–Crippen MR) is 87.8 cm³/mol. The fraction of sp³-hybridized carbons (Fsp3) is 0.529. The summed E-state index contributed by atoms with van der Waals surface area (Å²) in [5, 5.41) is 5.85. The number of benzene rings is 1. The minimum atomic E-state index is -0.0852. The highest BCUT2D eigenvalue weighted by Gasteiger charge is 2.27. The normalized spacial score (nSPS) is 15.5. The molecule has 1 fully saturated rings. The van der Waals surface area contributed by atoms with Gasteiger partial charge >= 0.3 is 6.03 Å². The largest absolute Gasteiger partial charge is 0.356 e. The lowest BCUT2D eigenvalue weighted by molar-refractivity contribution is -0.126. The minimum absolute atomic E-state index is 0.0366. The number of anilines is 1. The summed E-state index contributed by atoms with van der Waals surface area (Å²) in [4.78, 5) is 26.0. The standard InChI is InChI=1S/C17H25N3O2/c1-3-9-18-16(21)14-7-10-20(11-8-14)17(22)19-15-6-4-5-13(2)12-15/h4-6,12,14H,3,7-11H2,1-2H3,(H,18,21)(H,19,22). The van der Waals surface area contributed by atoms with Gasteiger partial charge in [0.25, 0.3) is 0 Å². The predicted octanol–water partition coefficient (Wildman–Crippen LogP) is 2.77. The van der Waals surface area contributed by atoms with Crippen LogP contribution in [0.1, 0.15) is 31.7 Å². The summed E-state index contributed by atoms with van der Waals surface area (Å²) >= 11 is 0. The molecule has 1 saturated heterocycles. The molecule has 1 aromatic carbocycles. The van der Waals surface area contributed by atoms with Crippen LogP contribution in [0.5, 0.6) is 0 Å². The van der Waals surface area contributed by atoms with Gasteiger partial charge in [0.15, 0.2) is 0 Å². The van der Waals surface area contributed by atoms with E-state index in [-0.39, 0.29) is 17.9 Å². The van der Waals surface area contributed by atoms with Crippen molar-refractivity contribution in [3.8, 4) is 0 Å². The van der Waals surface area contributed by atoms with E-state index < -0.39 is 0 Å². The molecule has 5 nitrogen and oxygen atoms in total. The Morgan fingerprint density at radius 1 is 1.27 bits per heavy atom. The quantitative estimate of drug-likeness (QED) is 0.898. The number of hydrogen-bond donors (Lipinski definition) is 2. The van der Waals surface area contributed by atoms with E-state index in [1.54, 1.807) is 4.90 Å². The third kappa shape index (κ3) is 4.48. The smallest absolute Gasteiger partial charge is 0.321 e. The molecule has 0 spiro atoms. The topological polar surface area (TPSA) is 61.4 Å². The van der Waals surface area contributed by atoms with E-state index in [2.05, 4.69) is 10.6 Å². The van der Waals surface area contributed by atoms with Crippen LogP contribution in [0.25, 0.3) is 0 Å². The van der Waals surface area contributed by atoms with E-state index >= 15 is 0 Å². The maximum Gasteiger partial charge on any atom is 0.321 e. The summed E-state index contributed by atoms with van der Waals surface area (Å²) in [7, 11) is 0. The van der Waals surface area contributed by atoms with Crippen LogP contribution in [0.2, 0.25) is 0 Å². The molecule has 0 atom stereocenters. The first-order valence-electron chi connectivity index (χ1n) is 8.00. The van der Waals surface area contributed by atoms with Crippen molar-refractivity contribution in [2.45, 2.75) is 33.1 Å². The van der Waals surface area contributed by atoms with Gasteiger partial charge in [-0.1, -0.05) is 19.1 Å². The van der Waals surface area contributed by atoms with Crippen molar-refractivity contribution in [2.75, 3.05) is 25.0 Å². The summed E-state index contributed by atoms with van der Waals surface area (Å²) in [6, 6.07) is 7.67. The molecule has 5 heteroatoms. The number of carbonyl (C=O) groups is 2. The van der Waals surface area contributed by atoms with Crippen LogP contribution in [0, 0.1) is 12.8 Å². The second kappa shape index (κ2) is 7.82. The summed E-state index contributed by atoms with van der Waals surface area (Å²) in [6.45, 7) is 6.02. The molecule has 0 bridgehead atoms. The highest BCUT2D eigenvalue weighted by Crippen LogP contribution is 2.19. The maximum atomic E-state index is 12.2. The Bertz CT molecular complexity index is 522. The SMILES string of the molecule is CCCNC(=O)C1CCN(C(=O)Nc2cccc(C)c2)CC1. The van der Waals surface area contributed by atoms with Crippen molar-refractivity contribution in [2.24, 2.45) is 5.92 Å². The van der Waals surface area contributed by atoms with Gasteiger partial charge in [0.2, 0.25) is 5.91 Å². The minimum Gasteiger partial charge on any atom is -0.356 e. The van der Waals surface area contributed by atoms with E-state index in [0.717, 1.165) is 37.1 Å². The average Bonchev–Trinajstić information content (AvgIpc) is 2.52. The Labute approximate surface area is 132 Å². The van der Waals surface area contributed by atoms with Crippen molar-refractivity contribution in [3.05, 3.63) is 29.8 Å². The van der Waals surface area contributed by atoms with E-state index in [1.807, 2.05) is 38.1 Å². The van der Waals surface area contributed by atoms with Gasteiger partial charge in [-0.3, -0.25) is 4.79 Å². The highest BCUT2D eigenvalue weighted by molar-refractivity contribution is 5.89. The Morgan fingerprint density at radius 2 is 2.00 bits per heavy atom. The molecule has 0 aliphatic carbocycles. The van der Waals surface area contributed by atoms with E-state index in [9.17, 15) is 9.59 Å². The van der Waals surface area contributed by atoms with Crippen LogP contribution in [0.4, 0.5) is 10.5 Å². The fourth-order valence-electron chi connectivity index (χ4n) is 2.66. The maximum absolute atomic E-state index is 12.2. The number of likely N-dealkylation sites (tertiary alicyclic amines) is 1. The lowest BCUT2D eigenvalue weighted by Crippen LogP contribution is -2.44. The monoisotopic (exact) mass is 303 g/mol. The van der Waals surface area contributed by atoms with Crippen molar-refractivity contribution in [1.29, 1.82) is 0 Å². The molecule has 0 unspecified atom stereocenters. The van der Waals surface area contributed by atoms with Crippen molar-refractivity contribution < 1.29 is 9.59 Å². The molecule has 1 aliphatic heterocycles. The summed E-state index contributed by atoms with van der Waals surface area (Å²) in [6.07, 6.45) is 2.41. The third-order valence-corrected chi connectivity index (χ3v) is 3.97. The van der Waals surface area contributed by atoms with Crippen LogP contribution in [-0.4, -0.2) is 36.5 Å². The molecule has 0 aromatic heterocycles. The van der Waals surface area contributed by atoms with E-state index in [1.165, 1.54) is 0 Å². The number of amides is 3. The van der Waals surface area contributed by atoms with E-state index in [0.29, 0.717) is 13.1 Å². The molecule has 1 heterocycles. The zero-order valence-electron chi connectivity index (χ0n) is 13.4. The number of nitrogens with one attached hydrogen (secondary N) is 2. The summed E-state index contributed by atoms with van der Waals surface area (Å²) in [5.74, 6) is 0.162. The molecule has 120 valence electrons. The lowest BCUT2D eigenvalue weighted by atomic mass is 9.96. The van der Waals surface area contributed by atoms with Crippen molar-refractivity contribution in [3.63, 3.8) is 0 Å². The van der Waals surface area contributed by atoms with Gasteiger partial charge in [-0.2, -0.15) is 0 Å². The van der Waals surface area contributed by atoms with Gasteiger partial charge < -0.3 is 15.5 Å². The molecule has 1 aromatic rings. The first-order valence-corrected chi connectivity index (χ1v) is 8.00. The highest BCUT2D eigenvalue weighted by atomic mass is 16.2. The van der Waals surface area contributed by atoms with Crippen molar-refractivity contribution >= 4 is 17.6 Å². The Morgan fingerprint density at radius 3 is 2.64 bits per heavy atom. The Kier molecular flexibility index (Phi) is 5.81. The van der Waals surface area contributed by atoms with Crippen LogP contribution in [-0.2, 0) is 4.79 Å². The Balaban J connectivity index is 1.81. The third-order valence-electron chi connectivity index (χ3n) is 3.97. The van der Waals surface area contributed by atoms with Crippen LogP contribution in [0.3, 0.4) is 0 Å². The first-order chi connectivity index (χ1) is 10.6. The van der Waals surface area contributed by atoms with Crippen molar-refractivity contribution in [1.82, 2.24) is 10.2 Å². The second-order valence-electron chi connectivity index (χ2n) is 5.85. The van der Waals surface area contributed by atoms with Crippen LogP contribution >= 0.6 is 0 Å².